The lowest BCUT2D eigenvalue weighted by atomic mass is 10.1. The van der Waals surface area contributed by atoms with Crippen molar-refractivity contribution in [1.29, 1.82) is 0 Å². The molecular weight excluding hydrogens is 404 g/mol. The molecule has 0 aliphatic rings. The van der Waals surface area contributed by atoms with Gasteiger partial charge in [0.2, 0.25) is 16.9 Å². The molecule has 0 atom stereocenters. The molecule has 8 heteroatoms. The first kappa shape index (κ1) is 22.1. The minimum atomic E-state index is -0.385. The average molecular weight is 430 g/mol. The highest BCUT2D eigenvalue weighted by atomic mass is 16.5. The van der Waals surface area contributed by atoms with Crippen LogP contribution in [0.2, 0.25) is 0 Å². The highest BCUT2D eigenvalue weighted by molar-refractivity contribution is 5.92. The van der Waals surface area contributed by atoms with E-state index in [2.05, 4.69) is 0 Å². The first-order valence-corrected chi connectivity index (χ1v) is 9.78. The predicted molar refractivity (Wildman–Crippen MR) is 116 cm³/mol. The van der Waals surface area contributed by atoms with Crippen LogP contribution in [0.3, 0.4) is 0 Å². The molecule has 0 fully saturated rings. The molecule has 0 bridgehead atoms. The lowest BCUT2D eigenvalue weighted by Gasteiger charge is -2.17. The van der Waals surface area contributed by atoms with E-state index in [1.54, 1.807) is 38.3 Å². The second-order valence-corrected chi connectivity index (χ2v) is 6.34. The number of hydrogen-bond acceptors (Lipinski definition) is 8. The third-order valence-corrected chi connectivity index (χ3v) is 4.66. The van der Waals surface area contributed by atoms with Gasteiger partial charge < -0.3 is 32.8 Å². The summed E-state index contributed by atoms with van der Waals surface area (Å²) in [5.74, 6) is 2.29. The van der Waals surface area contributed by atoms with E-state index in [0.717, 1.165) is 0 Å². The number of ether oxygens (including phenoxy) is 6. The average Bonchev–Trinajstić information content (AvgIpc) is 2.79. The number of methoxy groups -OCH3 is 4. The first-order chi connectivity index (χ1) is 15.0. The van der Waals surface area contributed by atoms with Crippen molar-refractivity contribution < 1.29 is 32.8 Å². The third-order valence-electron chi connectivity index (χ3n) is 4.66. The predicted octanol–water partition coefficient (Wildman–Crippen LogP) is 4.29. The van der Waals surface area contributed by atoms with Crippen molar-refractivity contribution in [3.8, 4) is 45.8 Å². The molecule has 0 N–H and O–H groups in total. The summed E-state index contributed by atoms with van der Waals surface area (Å²) in [6.45, 7) is 4.39. The third kappa shape index (κ3) is 3.93. The smallest absolute Gasteiger partial charge is 0.239 e. The molecule has 8 nitrogen and oxygen atoms in total. The minimum Gasteiger partial charge on any atom is -0.493 e. The van der Waals surface area contributed by atoms with Crippen LogP contribution in [-0.2, 0) is 0 Å². The molecule has 0 radical (unpaired) electrons. The Kier molecular flexibility index (Phi) is 6.79. The van der Waals surface area contributed by atoms with Crippen LogP contribution >= 0.6 is 0 Å². The summed E-state index contributed by atoms with van der Waals surface area (Å²) in [7, 11) is 5.97. The maximum atomic E-state index is 13.5. The molecule has 1 heterocycles. The maximum Gasteiger partial charge on any atom is 0.239 e. The van der Waals surface area contributed by atoms with E-state index in [0.29, 0.717) is 35.2 Å². The summed E-state index contributed by atoms with van der Waals surface area (Å²) in [6, 6.07) is 6.85. The molecule has 3 rings (SSSR count). The van der Waals surface area contributed by atoms with E-state index in [4.69, 9.17) is 32.8 Å². The van der Waals surface area contributed by atoms with Gasteiger partial charge in [0.05, 0.1) is 41.7 Å². The minimum absolute atomic E-state index is 0.0631. The summed E-state index contributed by atoms with van der Waals surface area (Å²) < 4.78 is 39.2. The van der Waals surface area contributed by atoms with Gasteiger partial charge in [-0.05, 0) is 32.0 Å². The maximum absolute atomic E-state index is 13.5. The van der Waals surface area contributed by atoms with Gasteiger partial charge in [0.15, 0.2) is 28.8 Å². The molecule has 2 aromatic carbocycles. The molecule has 0 saturated heterocycles. The van der Waals surface area contributed by atoms with Gasteiger partial charge >= 0.3 is 0 Å². The Labute approximate surface area is 180 Å². The van der Waals surface area contributed by atoms with E-state index < -0.39 is 0 Å². The number of fused-ring (bicyclic) bond motifs is 1. The fourth-order valence-electron chi connectivity index (χ4n) is 3.35. The Balaban J connectivity index is 2.38. The fraction of sp³-hybridized carbons (Fsp3) is 0.348. The van der Waals surface area contributed by atoms with Crippen LogP contribution in [-0.4, -0.2) is 41.7 Å². The quantitative estimate of drug-likeness (QED) is 0.497. The Hall–Kier alpha value is -3.55. The monoisotopic (exact) mass is 430 g/mol. The van der Waals surface area contributed by atoms with Gasteiger partial charge in [-0.3, -0.25) is 4.79 Å². The van der Waals surface area contributed by atoms with Crippen LogP contribution in [0.4, 0.5) is 0 Å². The summed E-state index contributed by atoms with van der Waals surface area (Å²) in [5, 5.41) is 0.200. The molecule has 166 valence electrons. The van der Waals surface area contributed by atoms with Crippen molar-refractivity contribution in [3.63, 3.8) is 0 Å². The van der Waals surface area contributed by atoms with Crippen LogP contribution in [0.15, 0.2) is 33.5 Å². The van der Waals surface area contributed by atoms with Crippen molar-refractivity contribution >= 4 is 11.0 Å². The van der Waals surface area contributed by atoms with E-state index >= 15 is 0 Å². The van der Waals surface area contributed by atoms with Crippen molar-refractivity contribution in [2.45, 2.75) is 13.8 Å². The van der Waals surface area contributed by atoms with Crippen LogP contribution < -0.4 is 33.8 Å². The normalized spacial score (nSPS) is 10.6. The van der Waals surface area contributed by atoms with E-state index in [1.165, 1.54) is 21.3 Å². The topological polar surface area (TPSA) is 85.6 Å². The number of rotatable bonds is 9. The van der Waals surface area contributed by atoms with Crippen LogP contribution in [0.5, 0.6) is 34.5 Å². The van der Waals surface area contributed by atoms with Crippen LogP contribution in [0.1, 0.15) is 13.8 Å². The van der Waals surface area contributed by atoms with Crippen molar-refractivity contribution in [1.82, 2.24) is 0 Å². The van der Waals surface area contributed by atoms with Crippen LogP contribution in [0, 0.1) is 0 Å². The Morgan fingerprint density at radius 1 is 0.742 bits per heavy atom. The molecule has 0 aliphatic heterocycles. The molecule has 0 unspecified atom stereocenters. The molecule has 0 amide bonds. The standard InChI is InChI=1S/C23H26O8/c1-7-29-15-11-13(9-10-14(15)25-3)20-23(30-8-2)19(24)18-16(31-20)12-17(26-4)21(27-5)22(18)28-6/h9-12H,7-8H2,1-6H3. The second-order valence-electron chi connectivity index (χ2n) is 6.34. The van der Waals surface area contributed by atoms with Gasteiger partial charge in [-0.15, -0.1) is 0 Å². The van der Waals surface area contributed by atoms with E-state index in [1.807, 2.05) is 6.92 Å². The number of benzene rings is 2. The van der Waals surface area contributed by atoms with Gasteiger partial charge in [0.1, 0.15) is 11.0 Å². The van der Waals surface area contributed by atoms with Gasteiger partial charge in [0.25, 0.3) is 0 Å². The zero-order chi connectivity index (χ0) is 22.5. The van der Waals surface area contributed by atoms with Gasteiger partial charge in [-0.1, -0.05) is 0 Å². The lowest BCUT2D eigenvalue weighted by molar-refractivity contribution is 0.310. The van der Waals surface area contributed by atoms with E-state index in [9.17, 15) is 4.79 Å². The fourth-order valence-corrected chi connectivity index (χ4v) is 3.35. The van der Waals surface area contributed by atoms with Crippen molar-refractivity contribution in [2.75, 3.05) is 41.7 Å². The summed E-state index contributed by atoms with van der Waals surface area (Å²) >= 11 is 0. The van der Waals surface area contributed by atoms with E-state index in [-0.39, 0.29) is 40.3 Å². The molecule has 0 spiro atoms. The Morgan fingerprint density at radius 2 is 1.42 bits per heavy atom. The summed E-state index contributed by atoms with van der Waals surface area (Å²) in [6.07, 6.45) is 0. The van der Waals surface area contributed by atoms with Gasteiger partial charge in [-0.25, -0.2) is 0 Å². The van der Waals surface area contributed by atoms with Gasteiger partial charge in [0, 0.05) is 11.6 Å². The first-order valence-electron chi connectivity index (χ1n) is 9.78. The zero-order valence-corrected chi connectivity index (χ0v) is 18.5. The highest BCUT2D eigenvalue weighted by Gasteiger charge is 2.25. The molecular formula is C23H26O8. The molecule has 0 aliphatic carbocycles. The molecule has 1 aromatic heterocycles. The summed E-state index contributed by atoms with van der Waals surface area (Å²) in [5.41, 5.74) is 0.483. The summed E-state index contributed by atoms with van der Waals surface area (Å²) in [4.78, 5) is 13.5. The second kappa shape index (κ2) is 9.51. The molecule has 31 heavy (non-hydrogen) atoms. The van der Waals surface area contributed by atoms with Crippen LogP contribution in [0.25, 0.3) is 22.3 Å². The zero-order valence-electron chi connectivity index (χ0n) is 18.5. The molecule has 3 aromatic rings. The Morgan fingerprint density at radius 3 is 2.00 bits per heavy atom. The SMILES string of the molecule is CCOc1cc(-c2oc3cc(OC)c(OC)c(OC)c3c(=O)c2OCC)ccc1OC. The number of hydrogen-bond donors (Lipinski definition) is 0. The van der Waals surface area contributed by atoms with Crippen molar-refractivity contribution in [2.24, 2.45) is 0 Å². The molecule has 0 saturated carbocycles. The Bertz CT molecular complexity index is 1130. The largest absolute Gasteiger partial charge is 0.493 e. The van der Waals surface area contributed by atoms with Gasteiger partial charge in [-0.2, -0.15) is 0 Å². The van der Waals surface area contributed by atoms with Crippen molar-refractivity contribution in [3.05, 3.63) is 34.5 Å². The lowest BCUT2D eigenvalue weighted by Crippen LogP contribution is -2.11. The highest BCUT2D eigenvalue weighted by Crippen LogP contribution is 2.45.